The third-order valence-electron chi connectivity index (χ3n) is 3.79. The molecule has 0 N–H and O–H groups in total. The highest BCUT2D eigenvalue weighted by molar-refractivity contribution is 7.98. The minimum Gasteiger partial charge on any atom is -0.428 e. The summed E-state index contributed by atoms with van der Waals surface area (Å²) in [5, 5.41) is 10.6. The molecule has 1 aromatic heterocycles. The normalized spacial score (nSPS) is 25.8. The minimum atomic E-state index is -0.362. The number of morpholine rings is 1. The molecule has 0 amide bonds. The van der Waals surface area contributed by atoms with Crippen molar-refractivity contribution < 1.29 is 9.15 Å². The van der Waals surface area contributed by atoms with Gasteiger partial charge in [0.2, 0.25) is 0 Å². The van der Waals surface area contributed by atoms with Crippen LogP contribution in [0.3, 0.4) is 0 Å². The van der Waals surface area contributed by atoms with E-state index in [0.717, 1.165) is 24.5 Å². The largest absolute Gasteiger partial charge is 0.428 e. The van der Waals surface area contributed by atoms with Crippen molar-refractivity contribution >= 4 is 17.4 Å². The molecular formula is C14H20N4O3S. The second-order valence-corrected chi connectivity index (χ2v) is 6.29. The fourth-order valence-electron chi connectivity index (χ4n) is 2.85. The molecular weight excluding hydrogens is 304 g/mol. The number of thioether (sulfide) groups is 1. The van der Waals surface area contributed by atoms with Gasteiger partial charge in [0.25, 0.3) is 0 Å². The molecule has 0 spiro atoms. The van der Waals surface area contributed by atoms with Gasteiger partial charge in [0, 0.05) is 31.0 Å². The lowest BCUT2D eigenvalue weighted by Gasteiger charge is -2.37. The lowest BCUT2D eigenvalue weighted by molar-refractivity contribution is 0.0155. The first-order chi connectivity index (χ1) is 10.7. The Labute approximate surface area is 133 Å². The first-order valence-electron chi connectivity index (χ1n) is 7.31. The molecule has 120 valence electrons. The van der Waals surface area contributed by atoms with Crippen molar-refractivity contribution in [3.8, 4) is 0 Å². The standard InChI is InChI=1S/C14H20N4O3S/c1-10-7-11(8-13(19)21-10)18-14(12(9-22-2)15-16-18)17-3-5-20-6-4-17/h7-8,12,14H,3-6,9H2,1-2H3/t12-,14+/m0/s1. The third kappa shape index (κ3) is 3.18. The van der Waals surface area contributed by atoms with Gasteiger partial charge in [-0.25, -0.2) is 9.80 Å². The van der Waals surface area contributed by atoms with Crippen molar-refractivity contribution in [2.45, 2.75) is 19.1 Å². The Bertz CT molecular complexity index is 600. The second kappa shape index (κ2) is 6.80. The maximum absolute atomic E-state index is 11.7. The molecule has 2 aliphatic heterocycles. The van der Waals surface area contributed by atoms with Crippen molar-refractivity contribution in [1.29, 1.82) is 0 Å². The summed E-state index contributed by atoms with van der Waals surface area (Å²) in [4.78, 5) is 14.0. The SMILES string of the molecule is CSC[C@@H]1N=NN(c2cc(C)oc(=O)c2)[C@H]1N1CCOCC1. The zero-order valence-electron chi connectivity index (χ0n) is 12.8. The first kappa shape index (κ1) is 15.5. The van der Waals surface area contributed by atoms with Crippen LogP contribution >= 0.6 is 11.8 Å². The van der Waals surface area contributed by atoms with E-state index < -0.39 is 0 Å². The van der Waals surface area contributed by atoms with Gasteiger partial charge in [-0.2, -0.15) is 16.9 Å². The van der Waals surface area contributed by atoms with E-state index in [1.165, 1.54) is 6.07 Å². The topological polar surface area (TPSA) is 70.6 Å². The van der Waals surface area contributed by atoms with Gasteiger partial charge in [-0.05, 0) is 13.2 Å². The summed E-state index contributed by atoms with van der Waals surface area (Å²) >= 11 is 1.75. The Morgan fingerprint density at radius 2 is 2.14 bits per heavy atom. The molecule has 0 bridgehead atoms. The van der Waals surface area contributed by atoms with Crippen LogP contribution in [-0.2, 0) is 4.74 Å². The van der Waals surface area contributed by atoms with E-state index in [1.54, 1.807) is 18.7 Å². The number of aryl methyl sites for hydroxylation is 1. The van der Waals surface area contributed by atoms with Crippen LogP contribution in [0.4, 0.5) is 5.69 Å². The van der Waals surface area contributed by atoms with Gasteiger partial charge < -0.3 is 9.15 Å². The number of ether oxygens (including phenoxy) is 1. The van der Waals surface area contributed by atoms with Crippen molar-refractivity contribution in [2.24, 2.45) is 10.3 Å². The Morgan fingerprint density at radius 3 is 2.82 bits per heavy atom. The molecule has 0 radical (unpaired) electrons. The van der Waals surface area contributed by atoms with E-state index in [9.17, 15) is 4.79 Å². The monoisotopic (exact) mass is 324 g/mol. The number of hydrogen-bond acceptors (Lipinski definition) is 8. The Morgan fingerprint density at radius 1 is 1.36 bits per heavy atom. The summed E-state index contributed by atoms with van der Waals surface area (Å²) in [5.41, 5.74) is 0.372. The van der Waals surface area contributed by atoms with Crippen molar-refractivity contribution in [3.63, 3.8) is 0 Å². The predicted molar refractivity (Wildman–Crippen MR) is 85.4 cm³/mol. The van der Waals surface area contributed by atoms with E-state index in [4.69, 9.17) is 9.15 Å². The maximum Gasteiger partial charge on any atom is 0.337 e. The quantitative estimate of drug-likeness (QED) is 0.836. The number of anilines is 1. The van der Waals surface area contributed by atoms with Crippen molar-refractivity contribution in [3.05, 3.63) is 28.3 Å². The van der Waals surface area contributed by atoms with E-state index >= 15 is 0 Å². The second-order valence-electron chi connectivity index (χ2n) is 5.38. The maximum atomic E-state index is 11.7. The van der Waals surface area contributed by atoms with Crippen LogP contribution < -0.4 is 10.6 Å². The Kier molecular flexibility index (Phi) is 4.80. The fourth-order valence-corrected chi connectivity index (χ4v) is 3.43. The first-order valence-corrected chi connectivity index (χ1v) is 8.71. The highest BCUT2D eigenvalue weighted by Crippen LogP contribution is 2.29. The number of nitrogens with zero attached hydrogens (tertiary/aromatic N) is 4. The molecule has 8 heteroatoms. The molecule has 1 fully saturated rings. The average Bonchev–Trinajstić information content (AvgIpc) is 2.91. The molecule has 7 nitrogen and oxygen atoms in total. The summed E-state index contributed by atoms with van der Waals surface area (Å²) in [5.74, 6) is 1.47. The molecule has 2 atom stereocenters. The average molecular weight is 324 g/mol. The van der Waals surface area contributed by atoms with Gasteiger partial charge >= 0.3 is 5.63 Å². The lowest BCUT2D eigenvalue weighted by atomic mass is 10.2. The summed E-state index contributed by atoms with van der Waals surface area (Å²) < 4.78 is 10.5. The molecule has 1 saturated heterocycles. The molecule has 2 aliphatic rings. The van der Waals surface area contributed by atoms with Crippen LogP contribution in [0.5, 0.6) is 0 Å². The summed E-state index contributed by atoms with van der Waals surface area (Å²) in [6, 6.07) is 3.39. The molecule has 0 aliphatic carbocycles. The highest BCUT2D eigenvalue weighted by Gasteiger charge is 2.38. The Balaban J connectivity index is 1.90. The van der Waals surface area contributed by atoms with Crippen LogP contribution in [0.15, 0.2) is 31.7 Å². The molecule has 3 heterocycles. The van der Waals surface area contributed by atoms with Crippen LogP contribution in [0, 0.1) is 6.92 Å². The van der Waals surface area contributed by atoms with E-state index in [2.05, 4.69) is 21.5 Å². The van der Waals surface area contributed by atoms with E-state index in [-0.39, 0.29) is 17.8 Å². The van der Waals surface area contributed by atoms with Gasteiger partial charge in [-0.1, -0.05) is 5.22 Å². The predicted octanol–water partition coefficient (Wildman–Crippen LogP) is 1.53. The molecule has 0 aromatic carbocycles. The van der Waals surface area contributed by atoms with Gasteiger partial charge in [0.05, 0.1) is 18.9 Å². The molecule has 3 rings (SSSR count). The van der Waals surface area contributed by atoms with E-state index in [0.29, 0.717) is 19.0 Å². The van der Waals surface area contributed by atoms with Crippen LogP contribution in [-0.4, -0.2) is 55.4 Å². The van der Waals surface area contributed by atoms with Gasteiger partial charge in [-0.15, -0.1) is 0 Å². The number of hydrogen-bond donors (Lipinski definition) is 0. The van der Waals surface area contributed by atoms with Gasteiger partial charge in [0.1, 0.15) is 18.0 Å². The highest BCUT2D eigenvalue weighted by atomic mass is 32.2. The zero-order chi connectivity index (χ0) is 15.5. The van der Waals surface area contributed by atoms with Gasteiger partial charge in [0.15, 0.2) is 0 Å². The summed E-state index contributed by atoms with van der Waals surface area (Å²) in [7, 11) is 0. The molecule has 22 heavy (non-hydrogen) atoms. The minimum absolute atomic E-state index is 0.0255. The summed E-state index contributed by atoms with van der Waals surface area (Å²) in [6.07, 6.45) is 2.09. The molecule has 1 aromatic rings. The van der Waals surface area contributed by atoms with Crippen molar-refractivity contribution in [1.82, 2.24) is 4.90 Å². The van der Waals surface area contributed by atoms with Gasteiger partial charge in [-0.3, -0.25) is 4.90 Å². The number of rotatable bonds is 4. The Hall–Kier alpha value is -1.38. The van der Waals surface area contributed by atoms with E-state index in [1.807, 2.05) is 11.1 Å². The lowest BCUT2D eigenvalue weighted by Crippen LogP contribution is -2.54. The van der Waals surface area contributed by atoms with Crippen LogP contribution in [0.1, 0.15) is 5.76 Å². The summed E-state index contributed by atoms with van der Waals surface area (Å²) in [6.45, 7) is 4.88. The molecule has 0 unspecified atom stereocenters. The zero-order valence-corrected chi connectivity index (χ0v) is 13.6. The third-order valence-corrected chi connectivity index (χ3v) is 4.47. The van der Waals surface area contributed by atoms with Crippen LogP contribution in [0.25, 0.3) is 0 Å². The van der Waals surface area contributed by atoms with Crippen molar-refractivity contribution in [2.75, 3.05) is 43.3 Å². The fraction of sp³-hybridized carbons (Fsp3) is 0.643. The smallest absolute Gasteiger partial charge is 0.337 e. The van der Waals surface area contributed by atoms with Crippen LogP contribution in [0.2, 0.25) is 0 Å². The molecule has 0 saturated carbocycles.